The average molecular weight is 713 g/mol. The van der Waals surface area contributed by atoms with Crippen LogP contribution < -0.4 is 25.2 Å². The Morgan fingerprint density at radius 3 is 2.09 bits per heavy atom. The van der Waals surface area contributed by atoms with Crippen LogP contribution in [0.25, 0.3) is 33.3 Å². The number of benzene rings is 5. The predicted molar refractivity (Wildman–Crippen MR) is 185 cm³/mol. The smallest absolute Gasteiger partial charge is 0.309 e. The minimum atomic E-state index is -1.39. The van der Waals surface area contributed by atoms with E-state index in [2.05, 4.69) is 83.8 Å². The molecule has 3 aromatic heterocycles. The van der Waals surface area contributed by atoms with E-state index in [4.69, 9.17) is 19.1 Å². The van der Waals surface area contributed by atoms with Crippen molar-refractivity contribution in [1.29, 1.82) is 0 Å². The van der Waals surface area contributed by atoms with Crippen LogP contribution in [0.1, 0.15) is 0 Å². The number of pyridine rings is 2. The van der Waals surface area contributed by atoms with Crippen LogP contribution in [-0.2, 0) is 19.5 Å². The maximum atomic E-state index is 6.63. The van der Waals surface area contributed by atoms with Crippen molar-refractivity contribution in [3.8, 4) is 22.8 Å². The SMILES string of the molecule is [Rh].c1ccc([Si](c2ccccc2)c2cccc3oc(N4c5ccccc5Oc5cc6cccc(-c7ccccn7)c6nc54)nc23)cc1. The Hall–Kier alpha value is -5.43. The van der Waals surface area contributed by atoms with Crippen LogP contribution in [0.15, 0.2) is 156 Å². The molecule has 0 unspecified atom stereocenters. The van der Waals surface area contributed by atoms with E-state index in [9.17, 15) is 0 Å². The van der Waals surface area contributed by atoms with Gasteiger partial charge in [-0.05, 0) is 41.6 Å². The maximum absolute atomic E-state index is 6.63. The summed E-state index contributed by atoms with van der Waals surface area (Å²) in [6, 6.07) is 50.1. The number of aromatic nitrogens is 3. The van der Waals surface area contributed by atoms with Gasteiger partial charge in [0.2, 0.25) is 0 Å². The molecule has 0 bridgehead atoms. The third-order valence-corrected chi connectivity index (χ3v) is 11.0. The predicted octanol–water partition coefficient (Wildman–Crippen LogP) is 7.53. The Labute approximate surface area is 285 Å². The second-order valence-electron chi connectivity index (χ2n) is 11.1. The van der Waals surface area contributed by atoms with E-state index in [1.165, 1.54) is 15.6 Å². The van der Waals surface area contributed by atoms with Gasteiger partial charge >= 0.3 is 6.01 Å². The van der Waals surface area contributed by atoms with E-state index in [0.717, 1.165) is 38.9 Å². The number of fused-ring (bicyclic) bond motifs is 4. The first-order valence-corrected chi connectivity index (χ1v) is 16.6. The van der Waals surface area contributed by atoms with Gasteiger partial charge < -0.3 is 9.15 Å². The van der Waals surface area contributed by atoms with Gasteiger partial charge in [-0.1, -0.05) is 120 Å². The van der Waals surface area contributed by atoms with E-state index in [0.29, 0.717) is 23.3 Å². The number of para-hydroxylation sites is 4. The molecule has 0 atom stereocenters. The molecular formula is C39H25N4O2RhSi. The number of hydrogen-bond acceptors (Lipinski definition) is 6. The quantitative estimate of drug-likeness (QED) is 0.136. The Bertz CT molecular complexity index is 2330. The number of ether oxygens (including phenoxy) is 1. The van der Waals surface area contributed by atoms with Crippen molar-refractivity contribution in [2.24, 2.45) is 0 Å². The fourth-order valence-corrected chi connectivity index (χ4v) is 8.90. The summed E-state index contributed by atoms with van der Waals surface area (Å²) in [5.41, 5.74) is 5.00. The van der Waals surface area contributed by atoms with E-state index >= 15 is 0 Å². The molecule has 8 heteroatoms. The molecule has 47 heavy (non-hydrogen) atoms. The summed E-state index contributed by atoms with van der Waals surface area (Å²) in [7, 11) is -1.39. The second kappa shape index (κ2) is 12.1. The van der Waals surface area contributed by atoms with Gasteiger partial charge in [0.25, 0.3) is 0 Å². The van der Waals surface area contributed by atoms with Crippen molar-refractivity contribution < 1.29 is 28.6 Å². The zero-order valence-electron chi connectivity index (χ0n) is 24.9. The molecule has 0 fully saturated rings. The summed E-state index contributed by atoms with van der Waals surface area (Å²) >= 11 is 0. The molecule has 1 aliphatic rings. The summed E-state index contributed by atoms with van der Waals surface area (Å²) in [4.78, 5) is 17.1. The minimum absolute atomic E-state index is 0. The van der Waals surface area contributed by atoms with Gasteiger partial charge in [-0.2, -0.15) is 4.98 Å². The molecule has 0 amide bonds. The van der Waals surface area contributed by atoms with Gasteiger partial charge in [-0.15, -0.1) is 0 Å². The molecule has 8 aromatic rings. The Morgan fingerprint density at radius 1 is 0.596 bits per heavy atom. The van der Waals surface area contributed by atoms with Gasteiger partial charge in [-0.25, -0.2) is 9.88 Å². The number of hydrogen-bond donors (Lipinski definition) is 0. The van der Waals surface area contributed by atoms with E-state index in [-0.39, 0.29) is 19.5 Å². The van der Waals surface area contributed by atoms with Crippen molar-refractivity contribution in [2.75, 3.05) is 4.90 Å². The van der Waals surface area contributed by atoms with Crippen LogP contribution in [0.2, 0.25) is 0 Å². The van der Waals surface area contributed by atoms with Gasteiger partial charge in [0, 0.05) is 36.6 Å². The number of anilines is 3. The van der Waals surface area contributed by atoms with Crippen molar-refractivity contribution in [1.82, 2.24) is 15.0 Å². The zero-order chi connectivity index (χ0) is 30.5. The van der Waals surface area contributed by atoms with Crippen LogP contribution >= 0.6 is 0 Å². The maximum Gasteiger partial charge on any atom is 0.309 e. The van der Waals surface area contributed by atoms with Gasteiger partial charge in [-0.3, -0.25) is 4.98 Å². The third kappa shape index (κ3) is 5.03. The first kappa shape index (κ1) is 29.0. The van der Waals surface area contributed by atoms with E-state index < -0.39 is 8.80 Å². The Balaban J connectivity index is 0.00000324. The van der Waals surface area contributed by atoms with Crippen LogP contribution in [0.3, 0.4) is 0 Å². The van der Waals surface area contributed by atoms with Crippen LogP contribution in [0, 0.1) is 0 Å². The fourth-order valence-electron chi connectivity index (χ4n) is 6.21. The molecule has 9 rings (SSSR count). The summed E-state index contributed by atoms with van der Waals surface area (Å²) in [6.07, 6.45) is 1.80. The standard InChI is InChI=1S/C39H25N4O2Si.Rh/c1-3-14-27(15-4-1)46(28-16-5-2-6-17-28)35-23-12-22-33-37(35)42-39(45-33)43-31-20-7-8-21-32(31)44-34-25-26-13-11-18-29(36(26)41-38(34)43)30-19-9-10-24-40-30;/h1-25H;. The summed E-state index contributed by atoms with van der Waals surface area (Å²) < 4.78 is 13.1. The molecule has 2 radical (unpaired) electrons. The van der Waals surface area contributed by atoms with E-state index in [1.54, 1.807) is 6.20 Å². The molecule has 0 N–H and O–H groups in total. The Morgan fingerprint density at radius 2 is 1.32 bits per heavy atom. The van der Waals surface area contributed by atoms with Crippen LogP contribution in [0.4, 0.5) is 17.5 Å². The molecule has 4 heterocycles. The van der Waals surface area contributed by atoms with Gasteiger partial charge in [0.05, 0.1) is 16.9 Å². The van der Waals surface area contributed by atoms with Crippen molar-refractivity contribution in [3.63, 3.8) is 0 Å². The molecule has 0 saturated carbocycles. The average Bonchev–Trinajstić information content (AvgIpc) is 3.56. The number of oxazole rings is 1. The molecule has 0 saturated heterocycles. The van der Waals surface area contributed by atoms with Crippen molar-refractivity contribution >= 4 is 63.9 Å². The van der Waals surface area contributed by atoms with Gasteiger partial charge in [0.15, 0.2) is 31.7 Å². The summed E-state index contributed by atoms with van der Waals surface area (Å²) in [5, 5.41) is 4.70. The molecular weight excluding hydrogens is 687 g/mol. The number of nitrogens with zero attached hydrogens (tertiary/aromatic N) is 4. The van der Waals surface area contributed by atoms with Crippen LogP contribution in [-0.4, -0.2) is 23.7 Å². The monoisotopic (exact) mass is 712 g/mol. The molecule has 0 aliphatic carbocycles. The molecule has 5 aromatic carbocycles. The van der Waals surface area contributed by atoms with Crippen molar-refractivity contribution in [3.05, 3.63) is 152 Å². The van der Waals surface area contributed by atoms with Crippen molar-refractivity contribution in [2.45, 2.75) is 0 Å². The number of rotatable bonds is 5. The third-order valence-electron chi connectivity index (χ3n) is 8.26. The fraction of sp³-hybridized carbons (Fsp3) is 0. The molecule has 226 valence electrons. The van der Waals surface area contributed by atoms with Crippen LogP contribution in [0.5, 0.6) is 11.5 Å². The topological polar surface area (TPSA) is 64.3 Å². The second-order valence-corrected chi connectivity index (χ2v) is 13.5. The molecule has 1 aliphatic heterocycles. The molecule has 0 spiro atoms. The summed E-state index contributed by atoms with van der Waals surface area (Å²) in [5.74, 6) is 1.95. The largest absolute Gasteiger partial charge is 0.451 e. The Kier molecular flexibility index (Phi) is 7.44. The minimum Gasteiger partial charge on any atom is -0.451 e. The summed E-state index contributed by atoms with van der Waals surface area (Å²) in [6.45, 7) is 0. The normalized spacial score (nSPS) is 12.0. The zero-order valence-corrected chi connectivity index (χ0v) is 27.5. The van der Waals surface area contributed by atoms with Gasteiger partial charge in [0.1, 0.15) is 5.52 Å². The first-order chi connectivity index (χ1) is 22.8. The first-order valence-electron chi connectivity index (χ1n) is 15.1. The van der Waals surface area contributed by atoms with E-state index in [1.807, 2.05) is 71.6 Å². The molecule has 6 nitrogen and oxygen atoms in total.